The molecular weight excluding hydrogens is 545 g/mol. The van der Waals surface area contributed by atoms with Crippen LogP contribution in [0.1, 0.15) is 24.0 Å². The molecule has 0 unspecified atom stereocenters. The van der Waals surface area contributed by atoms with Gasteiger partial charge in [-0.15, -0.1) is 0 Å². The number of hydrogen-bond donors (Lipinski definition) is 1. The fraction of sp³-hybridized carbons (Fsp3) is 0.286. The number of anilines is 1. The van der Waals surface area contributed by atoms with E-state index in [1.165, 1.54) is 11.4 Å². The molecule has 3 aromatic rings. The molecule has 0 bridgehead atoms. The van der Waals surface area contributed by atoms with Gasteiger partial charge in [0.15, 0.2) is 0 Å². The van der Waals surface area contributed by atoms with Crippen LogP contribution in [0.25, 0.3) is 0 Å². The lowest BCUT2D eigenvalue weighted by atomic mass is 10.0. The van der Waals surface area contributed by atoms with Crippen LogP contribution < -0.4 is 9.62 Å². The number of nitrogens with zero attached hydrogens (tertiary/aromatic N) is 2. The predicted octanol–water partition coefficient (Wildman–Crippen LogP) is 4.93. The highest BCUT2D eigenvalue weighted by molar-refractivity contribution is 7.92. The Morgan fingerprint density at radius 3 is 2.13 bits per heavy atom. The Morgan fingerprint density at radius 1 is 0.895 bits per heavy atom. The highest BCUT2D eigenvalue weighted by Crippen LogP contribution is 2.23. The second-order valence-corrected chi connectivity index (χ2v) is 11.7. The zero-order valence-electron chi connectivity index (χ0n) is 21.3. The van der Waals surface area contributed by atoms with E-state index in [0.29, 0.717) is 22.2 Å². The average Bonchev–Trinajstić information content (AvgIpc) is 2.88. The minimum atomic E-state index is -3.61. The number of hydrogen-bond acceptors (Lipinski definition) is 4. The Hall–Kier alpha value is -3.07. The maximum Gasteiger partial charge on any atom is 0.242 e. The third kappa shape index (κ3) is 8.48. The molecule has 10 heteroatoms. The van der Waals surface area contributed by atoms with Crippen molar-refractivity contribution in [2.24, 2.45) is 0 Å². The maximum atomic E-state index is 13.6. The van der Waals surface area contributed by atoms with Crippen molar-refractivity contribution in [3.63, 3.8) is 0 Å². The second kappa shape index (κ2) is 13.6. The first kappa shape index (κ1) is 29.5. The van der Waals surface area contributed by atoms with E-state index in [4.69, 9.17) is 23.2 Å². The van der Waals surface area contributed by atoms with E-state index < -0.39 is 16.1 Å². The molecule has 202 valence electrons. The zero-order valence-corrected chi connectivity index (χ0v) is 23.6. The number of halogens is 2. The number of sulfonamides is 1. The minimum Gasteiger partial charge on any atom is -0.357 e. The van der Waals surface area contributed by atoms with E-state index in [2.05, 4.69) is 5.32 Å². The molecule has 3 rings (SSSR count). The molecule has 3 aromatic carbocycles. The fourth-order valence-corrected chi connectivity index (χ4v) is 5.54. The van der Waals surface area contributed by atoms with Crippen LogP contribution in [0.3, 0.4) is 0 Å². The number of amides is 2. The highest BCUT2D eigenvalue weighted by atomic mass is 35.5. The highest BCUT2D eigenvalue weighted by Gasteiger charge is 2.30. The van der Waals surface area contributed by atoms with Gasteiger partial charge in [0.2, 0.25) is 21.8 Å². The molecule has 7 nitrogen and oxygen atoms in total. The van der Waals surface area contributed by atoms with Crippen molar-refractivity contribution in [2.75, 3.05) is 24.2 Å². The average molecular weight is 577 g/mol. The van der Waals surface area contributed by atoms with Gasteiger partial charge in [-0.3, -0.25) is 13.9 Å². The predicted molar refractivity (Wildman–Crippen MR) is 153 cm³/mol. The molecule has 38 heavy (non-hydrogen) atoms. The Morgan fingerprint density at radius 2 is 1.53 bits per heavy atom. The van der Waals surface area contributed by atoms with Gasteiger partial charge in [-0.1, -0.05) is 71.7 Å². The van der Waals surface area contributed by atoms with Crippen LogP contribution in [0.15, 0.2) is 78.9 Å². The maximum absolute atomic E-state index is 13.6. The van der Waals surface area contributed by atoms with Crippen LogP contribution in [0, 0.1) is 0 Å². The van der Waals surface area contributed by atoms with Crippen molar-refractivity contribution in [2.45, 2.75) is 31.8 Å². The molecule has 0 saturated heterocycles. The lowest BCUT2D eigenvalue weighted by molar-refractivity contribution is -0.141. The van der Waals surface area contributed by atoms with Gasteiger partial charge in [0.25, 0.3) is 0 Å². The second-order valence-electron chi connectivity index (χ2n) is 8.89. The molecule has 1 atom stereocenters. The molecule has 0 aromatic heterocycles. The molecule has 1 N–H and O–H groups in total. The molecule has 0 saturated carbocycles. The van der Waals surface area contributed by atoms with Crippen molar-refractivity contribution in [1.29, 1.82) is 0 Å². The normalized spacial score (nSPS) is 12.0. The van der Waals surface area contributed by atoms with E-state index >= 15 is 0 Å². The molecule has 0 heterocycles. The summed E-state index contributed by atoms with van der Waals surface area (Å²) in [5.41, 5.74) is 2.12. The first-order valence-corrected chi connectivity index (χ1v) is 14.7. The molecule has 0 aliphatic heterocycles. The number of carbonyl (C=O) groups is 2. The lowest BCUT2D eigenvalue weighted by Gasteiger charge is -2.31. The van der Waals surface area contributed by atoms with E-state index in [-0.39, 0.29) is 37.7 Å². The van der Waals surface area contributed by atoms with Crippen molar-refractivity contribution >= 4 is 50.7 Å². The number of nitrogens with one attached hydrogen (secondary N) is 1. The largest absolute Gasteiger partial charge is 0.357 e. The third-order valence-electron chi connectivity index (χ3n) is 6.01. The van der Waals surface area contributed by atoms with Crippen molar-refractivity contribution in [3.05, 3.63) is 100 Å². The lowest BCUT2D eigenvalue weighted by Crippen LogP contribution is -2.49. The van der Waals surface area contributed by atoms with Gasteiger partial charge >= 0.3 is 0 Å². The Balaban J connectivity index is 1.84. The van der Waals surface area contributed by atoms with Crippen LogP contribution in [-0.2, 0) is 32.6 Å². The number of carbonyl (C=O) groups excluding carboxylic acids is 2. The van der Waals surface area contributed by atoms with Crippen molar-refractivity contribution in [1.82, 2.24) is 10.2 Å². The summed E-state index contributed by atoms with van der Waals surface area (Å²) >= 11 is 12.3. The summed E-state index contributed by atoms with van der Waals surface area (Å²) in [4.78, 5) is 28.2. The van der Waals surface area contributed by atoms with Gasteiger partial charge in [-0.25, -0.2) is 8.42 Å². The summed E-state index contributed by atoms with van der Waals surface area (Å²) in [6.45, 7) is 0.258. The van der Waals surface area contributed by atoms with Gasteiger partial charge < -0.3 is 10.2 Å². The monoisotopic (exact) mass is 575 g/mol. The van der Waals surface area contributed by atoms with Crippen LogP contribution in [-0.4, -0.2) is 51.0 Å². The summed E-state index contributed by atoms with van der Waals surface area (Å²) in [7, 11) is -2.07. The van der Waals surface area contributed by atoms with Crippen molar-refractivity contribution in [3.8, 4) is 0 Å². The summed E-state index contributed by atoms with van der Waals surface area (Å²) in [6, 6.07) is 22.4. The van der Waals surface area contributed by atoms with Crippen LogP contribution in [0.5, 0.6) is 0 Å². The first-order chi connectivity index (χ1) is 18.1. The van der Waals surface area contributed by atoms with E-state index in [9.17, 15) is 18.0 Å². The fourth-order valence-electron chi connectivity index (χ4n) is 4.19. The standard InChI is InChI=1S/C28H31Cl2N3O4S/c1-31-28(35)26(18-21-9-4-3-5-10-21)32(20-22-11-6-12-23(29)17-22)27(34)15-8-16-33(38(2,36)37)25-14-7-13-24(30)19-25/h3-7,9-14,17,19,26H,8,15-16,18,20H2,1-2H3,(H,31,35)/t26-/m0/s1. The van der Waals surface area contributed by atoms with E-state index in [1.54, 1.807) is 47.4 Å². The molecule has 0 aliphatic carbocycles. The van der Waals surface area contributed by atoms with Crippen molar-refractivity contribution < 1.29 is 18.0 Å². The topological polar surface area (TPSA) is 86.8 Å². The van der Waals surface area contributed by atoms with Gasteiger partial charge in [-0.2, -0.15) is 0 Å². The summed E-state index contributed by atoms with van der Waals surface area (Å²) < 4.78 is 26.2. The minimum absolute atomic E-state index is 0.0371. The smallest absolute Gasteiger partial charge is 0.242 e. The van der Waals surface area contributed by atoms with Gasteiger partial charge in [0.05, 0.1) is 11.9 Å². The van der Waals surface area contributed by atoms with Gasteiger partial charge in [-0.05, 0) is 47.9 Å². The van der Waals surface area contributed by atoms with Gasteiger partial charge in [0.1, 0.15) is 6.04 Å². The Kier molecular flexibility index (Phi) is 10.6. The van der Waals surface area contributed by atoms with Crippen LogP contribution in [0.4, 0.5) is 5.69 Å². The van der Waals surface area contributed by atoms with Crippen LogP contribution >= 0.6 is 23.2 Å². The third-order valence-corrected chi connectivity index (χ3v) is 7.67. The Bertz CT molecular complexity index is 1350. The molecule has 0 aliphatic rings. The quantitative estimate of drug-likeness (QED) is 0.332. The number of benzene rings is 3. The number of rotatable bonds is 12. The zero-order chi connectivity index (χ0) is 27.7. The van der Waals surface area contributed by atoms with E-state index in [1.807, 2.05) is 36.4 Å². The van der Waals surface area contributed by atoms with Crippen LogP contribution in [0.2, 0.25) is 10.0 Å². The summed E-state index contributed by atoms with van der Waals surface area (Å²) in [5.74, 6) is -0.560. The van der Waals surface area contributed by atoms with Gasteiger partial charge in [0, 0.05) is 43.0 Å². The molecule has 0 spiro atoms. The molecule has 0 fully saturated rings. The Labute approximate surface area is 234 Å². The van der Waals surface area contributed by atoms with E-state index in [0.717, 1.165) is 17.4 Å². The summed E-state index contributed by atoms with van der Waals surface area (Å²) in [5, 5.41) is 3.62. The number of likely N-dealkylation sites (N-methyl/N-ethyl adjacent to an activating group) is 1. The molecule has 0 radical (unpaired) electrons. The SMILES string of the molecule is CNC(=O)[C@H](Cc1ccccc1)N(Cc1cccc(Cl)c1)C(=O)CCCN(c1cccc(Cl)c1)S(C)(=O)=O. The first-order valence-electron chi connectivity index (χ1n) is 12.1. The summed E-state index contributed by atoms with van der Waals surface area (Å²) in [6.07, 6.45) is 1.72. The molecule has 2 amide bonds. The molecular formula is C28H31Cl2N3O4S.